The summed E-state index contributed by atoms with van der Waals surface area (Å²) in [5.74, 6) is 1.15. The Balaban J connectivity index is 1.83. The quantitative estimate of drug-likeness (QED) is 0.496. The van der Waals surface area contributed by atoms with Crippen molar-refractivity contribution < 1.29 is 9.13 Å². The first-order valence-corrected chi connectivity index (χ1v) is 9.95. The molecule has 2 heterocycles. The Labute approximate surface area is 173 Å². The van der Waals surface area contributed by atoms with Gasteiger partial charge in [-0.2, -0.15) is 5.26 Å². The lowest BCUT2D eigenvalue weighted by Crippen LogP contribution is -2.33. The zero-order chi connectivity index (χ0) is 21.0. The molecule has 150 valence electrons. The van der Waals surface area contributed by atoms with Gasteiger partial charge in [0.2, 0.25) is 0 Å². The highest BCUT2D eigenvalue weighted by Gasteiger charge is 2.39. The van der Waals surface area contributed by atoms with Crippen molar-refractivity contribution in [2.24, 2.45) is 7.05 Å². The lowest BCUT2D eigenvalue weighted by molar-refractivity contribution is 0.417. The maximum absolute atomic E-state index is 14.2. The molecule has 2 aromatic heterocycles. The monoisotopic (exact) mass is 400 g/mol. The molecule has 0 amide bonds. The number of hydrogen-bond acceptors (Lipinski definition) is 4. The van der Waals surface area contributed by atoms with Gasteiger partial charge in [-0.05, 0) is 61.6 Å². The molecule has 0 fully saturated rings. The number of aromatic nitrogens is 3. The van der Waals surface area contributed by atoms with Gasteiger partial charge in [-0.25, -0.2) is 14.4 Å². The molecule has 0 bridgehead atoms. The Hall–Kier alpha value is -3.46. The predicted octanol–water partition coefficient (Wildman–Crippen LogP) is 4.53. The van der Waals surface area contributed by atoms with Crippen molar-refractivity contribution in [1.82, 2.24) is 14.5 Å². The van der Waals surface area contributed by atoms with Crippen LogP contribution in [0.5, 0.6) is 5.75 Å². The fourth-order valence-corrected chi connectivity index (χ4v) is 4.90. The molecule has 2 aromatic carbocycles. The second-order valence-electron chi connectivity index (χ2n) is 8.02. The molecule has 1 aliphatic rings. The number of nitrogens with zero attached hydrogens (tertiary/aromatic N) is 4. The van der Waals surface area contributed by atoms with Gasteiger partial charge < -0.3 is 9.30 Å². The molecular formula is C24H21FN4O. The molecule has 0 saturated carbocycles. The molecule has 4 aromatic rings. The van der Waals surface area contributed by atoms with E-state index in [-0.39, 0.29) is 5.82 Å². The van der Waals surface area contributed by atoms with Gasteiger partial charge in [0.15, 0.2) is 0 Å². The van der Waals surface area contributed by atoms with E-state index in [1.165, 1.54) is 6.07 Å². The molecule has 0 spiro atoms. The van der Waals surface area contributed by atoms with Gasteiger partial charge in [0.25, 0.3) is 0 Å². The number of halogens is 1. The lowest BCUT2D eigenvalue weighted by atomic mass is 9.68. The van der Waals surface area contributed by atoms with Crippen LogP contribution < -0.4 is 4.74 Å². The van der Waals surface area contributed by atoms with Crippen LogP contribution in [0.4, 0.5) is 4.39 Å². The summed E-state index contributed by atoms with van der Waals surface area (Å²) in [6.45, 7) is 1.88. The maximum Gasteiger partial charge on any atom is 0.143 e. The molecule has 1 unspecified atom stereocenters. The summed E-state index contributed by atoms with van der Waals surface area (Å²) in [6, 6.07) is 11.3. The van der Waals surface area contributed by atoms with Crippen LogP contribution in [0.15, 0.2) is 36.5 Å². The minimum atomic E-state index is -0.739. The first-order valence-electron chi connectivity index (χ1n) is 9.95. The van der Waals surface area contributed by atoms with Gasteiger partial charge in [0, 0.05) is 35.2 Å². The van der Waals surface area contributed by atoms with Crippen molar-refractivity contribution in [3.05, 3.63) is 65.0 Å². The summed E-state index contributed by atoms with van der Waals surface area (Å²) < 4.78 is 21.9. The summed E-state index contributed by atoms with van der Waals surface area (Å²) in [5, 5.41) is 12.1. The van der Waals surface area contributed by atoms with E-state index in [0.29, 0.717) is 25.0 Å². The molecule has 0 radical (unpaired) electrons. The Morgan fingerprint density at radius 3 is 2.87 bits per heavy atom. The molecule has 0 aliphatic heterocycles. The van der Waals surface area contributed by atoms with E-state index < -0.39 is 5.41 Å². The number of nitriles is 1. The molecule has 1 aliphatic carbocycles. The van der Waals surface area contributed by atoms with E-state index in [0.717, 1.165) is 44.5 Å². The van der Waals surface area contributed by atoms with Crippen LogP contribution in [-0.2, 0) is 25.3 Å². The third-order valence-corrected chi connectivity index (χ3v) is 6.37. The van der Waals surface area contributed by atoms with E-state index in [1.54, 1.807) is 19.2 Å². The van der Waals surface area contributed by atoms with Crippen LogP contribution >= 0.6 is 0 Å². The average Bonchev–Trinajstić information content (AvgIpc) is 3.05. The highest BCUT2D eigenvalue weighted by molar-refractivity contribution is 6.12. The first-order chi connectivity index (χ1) is 14.5. The van der Waals surface area contributed by atoms with Crippen LogP contribution in [0.1, 0.15) is 29.1 Å². The fraction of sp³-hybridized carbons (Fsp3) is 0.292. The molecule has 5 rings (SSSR count). The number of ether oxygens (including phenoxy) is 1. The molecule has 5 nitrogen and oxygen atoms in total. The molecule has 1 atom stereocenters. The van der Waals surface area contributed by atoms with Crippen LogP contribution in [0.3, 0.4) is 0 Å². The van der Waals surface area contributed by atoms with E-state index in [2.05, 4.69) is 16.0 Å². The fourth-order valence-electron chi connectivity index (χ4n) is 4.90. The zero-order valence-corrected chi connectivity index (χ0v) is 17.2. The van der Waals surface area contributed by atoms with E-state index >= 15 is 0 Å². The SMILES string of the molecule is COc1ccc(C2(C#N)CCc3nc(C)ncc3C2)c2c3cc(F)ccc3n(C)c12. The topological polar surface area (TPSA) is 63.7 Å². The van der Waals surface area contributed by atoms with Crippen molar-refractivity contribution in [3.63, 3.8) is 0 Å². The number of hydrogen-bond donors (Lipinski definition) is 0. The largest absolute Gasteiger partial charge is 0.495 e. The van der Waals surface area contributed by atoms with Gasteiger partial charge in [0.1, 0.15) is 17.4 Å². The second-order valence-corrected chi connectivity index (χ2v) is 8.02. The maximum atomic E-state index is 14.2. The Kier molecular flexibility index (Phi) is 4.04. The van der Waals surface area contributed by atoms with E-state index in [1.807, 2.05) is 36.9 Å². The highest BCUT2D eigenvalue weighted by Crippen LogP contribution is 2.45. The van der Waals surface area contributed by atoms with Crippen LogP contribution in [0.25, 0.3) is 21.8 Å². The zero-order valence-electron chi connectivity index (χ0n) is 17.2. The normalized spacial score (nSPS) is 18.4. The number of fused-ring (bicyclic) bond motifs is 4. The van der Waals surface area contributed by atoms with Gasteiger partial charge >= 0.3 is 0 Å². The number of aryl methyl sites for hydroxylation is 3. The van der Waals surface area contributed by atoms with Crippen LogP contribution in [0.2, 0.25) is 0 Å². The third kappa shape index (κ3) is 2.51. The van der Waals surface area contributed by atoms with Gasteiger partial charge in [0.05, 0.1) is 24.1 Å². The van der Waals surface area contributed by atoms with E-state index in [9.17, 15) is 9.65 Å². The standard InChI is InChI=1S/C24H21FN4O/c1-14-27-12-15-11-24(13-26,9-8-19(15)28-14)18-5-7-21(30-3)23-22(18)17-10-16(25)4-6-20(17)29(23)2/h4-7,10,12H,8-9,11H2,1-3H3. The smallest absolute Gasteiger partial charge is 0.143 e. The Bertz CT molecular complexity index is 1370. The summed E-state index contributed by atoms with van der Waals surface area (Å²) in [7, 11) is 3.57. The number of benzene rings is 2. The Morgan fingerprint density at radius 2 is 2.10 bits per heavy atom. The minimum Gasteiger partial charge on any atom is -0.495 e. The summed E-state index contributed by atoms with van der Waals surface area (Å²) in [5.41, 5.74) is 3.96. The molecular weight excluding hydrogens is 379 g/mol. The van der Waals surface area contributed by atoms with Crippen molar-refractivity contribution >= 4 is 21.8 Å². The summed E-state index contributed by atoms with van der Waals surface area (Å²) >= 11 is 0. The van der Waals surface area contributed by atoms with Crippen molar-refractivity contribution in [2.75, 3.05) is 7.11 Å². The summed E-state index contributed by atoms with van der Waals surface area (Å²) in [4.78, 5) is 8.92. The molecule has 0 saturated heterocycles. The average molecular weight is 400 g/mol. The van der Waals surface area contributed by atoms with Crippen LogP contribution in [0, 0.1) is 24.1 Å². The van der Waals surface area contributed by atoms with E-state index in [4.69, 9.17) is 4.74 Å². The predicted molar refractivity (Wildman–Crippen MR) is 113 cm³/mol. The molecule has 30 heavy (non-hydrogen) atoms. The first kappa shape index (κ1) is 18.6. The summed E-state index contributed by atoms with van der Waals surface area (Å²) in [6.07, 6.45) is 3.73. The van der Waals surface area contributed by atoms with Crippen molar-refractivity contribution in [3.8, 4) is 11.8 Å². The third-order valence-electron chi connectivity index (χ3n) is 6.37. The van der Waals surface area contributed by atoms with Crippen molar-refractivity contribution in [1.29, 1.82) is 5.26 Å². The van der Waals surface area contributed by atoms with Crippen molar-refractivity contribution in [2.45, 2.75) is 31.6 Å². The number of rotatable bonds is 2. The Morgan fingerprint density at radius 1 is 1.27 bits per heavy atom. The molecule has 0 N–H and O–H groups in total. The van der Waals surface area contributed by atoms with Gasteiger partial charge in [-0.1, -0.05) is 6.07 Å². The minimum absolute atomic E-state index is 0.298. The van der Waals surface area contributed by atoms with Gasteiger partial charge in [-0.15, -0.1) is 0 Å². The second kappa shape index (κ2) is 6.53. The highest BCUT2D eigenvalue weighted by atomic mass is 19.1. The van der Waals surface area contributed by atoms with Crippen LogP contribution in [-0.4, -0.2) is 21.6 Å². The van der Waals surface area contributed by atoms with Gasteiger partial charge in [-0.3, -0.25) is 0 Å². The number of methoxy groups -OCH3 is 1. The molecule has 6 heteroatoms. The lowest BCUT2D eigenvalue weighted by Gasteiger charge is -2.33.